The molecule has 2 aromatic carbocycles. The van der Waals surface area contributed by atoms with E-state index in [1.807, 2.05) is 71.8 Å². The van der Waals surface area contributed by atoms with Crippen LogP contribution in [0.25, 0.3) is 0 Å². The van der Waals surface area contributed by atoms with Crippen LogP contribution in [0.5, 0.6) is 0 Å². The molecule has 5 rings (SSSR count). The molecule has 2 aliphatic rings. The molecule has 0 saturated carbocycles. The monoisotopic (exact) mass is 403 g/mol. The number of hydrogen-bond donors (Lipinski definition) is 0. The predicted molar refractivity (Wildman–Crippen MR) is 112 cm³/mol. The van der Waals surface area contributed by atoms with Crippen molar-refractivity contribution in [3.05, 3.63) is 93.2 Å². The van der Waals surface area contributed by atoms with E-state index < -0.39 is 5.41 Å². The van der Waals surface area contributed by atoms with Crippen LogP contribution in [-0.2, 0) is 27.9 Å². The van der Waals surface area contributed by atoms with Crippen LogP contribution in [0.2, 0.25) is 0 Å². The summed E-state index contributed by atoms with van der Waals surface area (Å²) in [6, 6.07) is 19.2. The predicted octanol–water partition coefficient (Wildman–Crippen LogP) is 4.50. The first-order valence-corrected chi connectivity index (χ1v) is 10.7. The molecule has 5 heteroatoms. The molecule has 146 valence electrons. The van der Waals surface area contributed by atoms with E-state index in [1.165, 1.54) is 0 Å². The fourth-order valence-corrected chi connectivity index (χ4v) is 5.96. The maximum atomic E-state index is 13.6. The van der Waals surface area contributed by atoms with Crippen LogP contribution in [0, 0.1) is 0 Å². The van der Waals surface area contributed by atoms with Crippen LogP contribution < -0.4 is 0 Å². The summed E-state index contributed by atoms with van der Waals surface area (Å²) in [5.41, 5.74) is 2.68. The summed E-state index contributed by atoms with van der Waals surface area (Å²) in [6.07, 6.45) is 0.560. The number of fused-ring (bicyclic) bond motifs is 5. The van der Waals surface area contributed by atoms with Crippen molar-refractivity contribution in [1.29, 1.82) is 0 Å². The van der Waals surface area contributed by atoms with Crippen molar-refractivity contribution in [2.24, 2.45) is 0 Å². The van der Waals surface area contributed by atoms with Gasteiger partial charge in [0.1, 0.15) is 5.41 Å². The Morgan fingerprint density at radius 2 is 1.90 bits per heavy atom. The summed E-state index contributed by atoms with van der Waals surface area (Å²) < 4.78 is 5.61. The van der Waals surface area contributed by atoms with Crippen molar-refractivity contribution in [3.8, 4) is 0 Å². The first kappa shape index (κ1) is 18.1. The van der Waals surface area contributed by atoms with E-state index in [2.05, 4.69) is 6.07 Å². The summed E-state index contributed by atoms with van der Waals surface area (Å²) in [4.78, 5) is 30.0. The Kier molecular flexibility index (Phi) is 4.28. The number of carbonyl (C=O) groups excluding carboxylic acids is 2. The van der Waals surface area contributed by atoms with Crippen molar-refractivity contribution >= 4 is 23.2 Å². The van der Waals surface area contributed by atoms with Gasteiger partial charge in [-0.05, 0) is 47.5 Å². The molecule has 1 aromatic heterocycles. The van der Waals surface area contributed by atoms with Gasteiger partial charge in [-0.2, -0.15) is 0 Å². The minimum absolute atomic E-state index is 0.0318. The standard InChI is InChI=1S/C24H21NO3S/c1-2-28-23(27)24-14-17-12-13-29-20(17)21(24)25(15-16-8-4-3-5-9-16)22(26)18-10-6-7-11-19(18)24/h3-13,21H,2,14-15H2,1H3/t21-,24+/m1/s1. The molecule has 1 amide bonds. The summed E-state index contributed by atoms with van der Waals surface area (Å²) in [7, 11) is 0. The Balaban J connectivity index is 1.73. The lowest BCUT2D eigenvalue weighted by molar-refractivity contribution is -0.153. The molecule has 0 N–H and O–H groups in total. The van der Waals surface area contributed by atoms with E-state index in [9.17, 15) is 9.59 Å². The third-order valence-corrected chi connectivity index (χ3v) is 7.02. The molecule has 1 aliphatic heterocycles. The van der Waals surface area contributed by atoms with Crippen molar-refractivity contribution < 1.29 is 14.3 Å². The fourth-order valence-electron chi connectivity index (χ4n) is 4.83. The maximum Gasteiger partial charge on any atom is 0.319 e. The number of esters is 1. The Bertz CT molecular complexity index is 1090. The molecule has 0 unspecified atom stereocenters. The van der Waals surface area contributed by atoms with E-state index in [0.29, 0.717) is 25.1 Å². The zero-order chi connectivity index (χ0) is 20.0. The SMILES string of the molecule is CCOC(=O)[C@]12Cc3ccsc3[C@H]1N(Cc1ccccc1)C(=O)c1ccccc12. The maximum absolute atomic E-state index is 13.6. The van der Waals surface area contributed by atoms with E-state index in [-0.39, 0.29) is 17.9 Å². The van der Waals surface area contributed by atoms with E-state index in [4.69, 9.17) is 4.74 Å². The summed E-state index contributed by atoms with van der Waals surface area (Å²) in [6.45, 7) is 2.60. The quantitative estimate of drug-likeness (QED) is 0.603. The summed E-state index contributed by atoms with van der Waals surface area (Å²) in [5.74, 6) is -0.276. The molecule has 4 nitrogen and oxygen atoms in total. The molecule has 0 spiro atoms. The average molecular weight is 404 g/mol. The Labute approximate surface area is 173 Å². The number of amides is 1. The smallest absolute Gasteiger partial charge is 0.319 e. The number of benzene rings is 2. The third kappa shape index (κ3) is 2.57. The van der Waals surface area contributed by atoms with E-state index in [1.54, 1.807) is 11.3 Å². The summed E-state index contributed by atoms with van der Waals surface area (Å²) >= 11 is 1.62. The second kappa shape index (κ2) is 6.85. The lowest BCUT2D eigenvalue weighted by atomic mass is 9.69. The minimum atomic E-state index is -0.891. The van der Waals surface area contributed by atoms with Crippen LogP contribution in [0.15, 0.2) is 66.0 Å². The highest BCUT2D eigenvalue weighted by atomic mass is 32.1. The molecule has 0 fully saturated rings. The second-order valence-electron chi connectivity index (χ2n) is 7.55. The first-order valence-electron chi connectivity index (χ1n) is 9.84. The van der Waals surface area contributed by atoms with Crippen LogP contribution in [-0.4, -0.2) is 23.4 Å². The Morgan fingerprint density at radius 1 is 1.14 bits per heavy atom. The first-order chi connectivity index (χ1) is 14.2. The van der Waals surface area contributed by atoms with Crippen LogP contribution in [0.3, 0.4) is 0 Å². The second-order valence-corrected chi connectivity index (χ2v) is 8.49. The molecule has 0 radical (unpaired) electrons. The Hall–Kier alpha value is -2.92. The minimum Gasteiger partial charge on any atom is -0.465 e. The van der Waals surface area contributed by atoms with Gasteiger partial charge in [-0.3, -0.25) is 9.59 Å². The fraction of sp³-hybridized carbons (Fsp3) is 0.250. The zero-order valence-electron chi connectivity index (χ0n) is 16.1. The summed E-state index contributed by atoms with van der Waals surface area (Å²) in [5, 5.41) is 2.05. The van der Waals surface area contributed by atoms with Gasteiger partial charge in [0.15, 0.2) is 0 Å². The molecule has 29 heavy (non-hydrogen) atoms. The highest BCUT2D eigenvalue weighted by molar-refractivity contribution is 7.10. The van der Waals surface area contributed by atoms with E-state index in [0.717, 1.165) is 21.6 Å². The van der Waals surface area contributed by atoms with Gasteiger partial charge in [0.05, 0.1) is 12.6 Å². The number of nitrogens with zero attached hydrogens (tertiary/aromatic N) is 1. The Morgan fingerprint density at radius 3 is 2.69 bits per heavy atom. The van der Waals surface area contributed by atoms with Gasteiger partial charge < -0.3 is 9.64 Å². The largest absolute Gasteiger partial charge is 0.465 e. The van der Waals surface area contributed by atoms with Gasteiger partial charge in [0, 0.05) is 17.0 Å². The molecular weight excluding hydrogens is 382 g/mol. The molecule has 3 aromatic rings. The van der Waals surface area contributed by atoms with Crippen molar-refractivity contribution in [2.75, 3.05) is 6.61 Å². The zero-order valence-corrected chi connectivity index (χ0v) is 16.9. The van der Waals surface area contributed by atoms with Gasteiger partial charge in [0.2, 0.25) is 0 Å². The van der Waals surface area contributed by atoms with Crippen molar-refractivity contribution in [3.63, 3.8) is 0 Å². The van der Waals surface area contributed by atoms with Gasteiger partial charge in [0.25, 0.3) is 5.91 Å². The topological polar surface area (TPSA) is 46.6 Å². The number of hydrogen-bond acceptors (Lipinski definition) is 4. The highest BCUT2D eigenvalue weighted by Crippen LogP contribution is 2.57. The molecular formula is C24H21NO3S. The molecule has 0 bridgehead atoms. The van der Waals surface area contributed by atoms with Crippen molar-refractivity contribution in [2.45, 2.75) is 31.3 Å². The van der Waals surface area contributed by atoms with Gasteiger partial charge in [-0.25, -0.2) is 0 Å². The average Bonchev–Trinajstić information content (AvgIpc) is 3.32. The number of ether oxygens (including phenoxy) is 1. The molecule has 2 heterocycles. The number of thiophene rings is 1. The van der Waals surface area contributed by atoms with Crippen molar-refractivity contribution in [1.82, 2.24) is 4.90 Å². The van der Waals surface area contributed by atoms with Gasteiger partial charge >= 0.3 is 5.97 Å². The van der Waals surface area contributed by atoms with Crippen LogP contribution >= 0.6 is 11.3 Å². The van der Waals surface area contributed by atoms with Crippen LogP contribution in [0.1, 0.15) is 44.9 Å². The van der Waals surface area contributed by atoms with Gasteiger partial charge in [-0.15, -0.1) is 11.3 Å². The third-order valence-electron chi connectivity index (χ3n) is 6.01. The normalized spacial score (nSPS) is 22.0. The number of carbonyl (C=O) groups is 2. The van der Waals surface area contributed by atoms with Crippen LogP contribution in [0.4, 0.5) is 0 Å². The van der Waals surface area contributed by atoms with Gasteiger partial charge in [-0.1, -0.05) is 48.5 Å². The lowest BCUT2D eigenvalue weighted by Gasteiger charge is -2.45. The highest BCUT2D eigenvalue weighted by Gasteiger charge is 2.61. The number of rotatable bonds is 4. The molecule has 1 aliphatic carbocycles. The molecule has 0 saturated heterocycles. The van der Waals surface area contributed by atoms with E-state index >= 15 is 0 Å². The molecule has 2 atom stereocenters. The lowest BCUT2D eigenvalue weighted by Crippen LogP contribution is -2.54.